The summed E-state index contributed by atoms with van der Waals surface area (Å²) in [5.74, 6) is 0.376. The first kappa shape index (κ1) is 16.4. The second-order valence-corrected chi connectivity index (χ2v) is 6.66. The molecule has 1 aromatic heterocycles. The Balaban J connectivity index is 2.16. The van der Waals surface area contributed by atoms with Gasteiger partial charge in [-0.1, -0.05) is 27.2 Å². The van der Waals surface area contributed by atoms with E-state index in [9.17, 15) is 4.39 Å². The van der Waals surface area contributed by atoms with E-state index in [1.165, 1.54) is 6.20 Å². The molecule has 0 radical (unpaired) electrons. The molecule has 3 atom stereocenters. The molecular weight excluding hydrogens is 265 g/mol. The molecule has 3 unspecified atom stereocenters. The Morgan fingerprint density at radius 1 is 1.48 bits per heavy atom. The van der Waals surface area contributed by atoms with Crippen molar-refractivity contribution in [2.45, 2.75) is 58.7 Å². The number of nitrogens with zero attached hydrogens (tertiary/aromatic N) is 2. The maximum Gasteiger partial charge on any atom is 0.141 e. The van der Waals surface area contributed by atoms with E-state index in [1.54, 1.807) is 12.3 Å². The van der Waals surface area contributed by atoms with E-state index in [4.69, 9.17) is 0 Å². The third kappa shape index (κ3) is 4.01. The van der Waals surface area contributed by atoms with E-state index in [0.717, 1.165) is 38.0 Å². The summed E-state index contributed by atoms with van der Waals surface area (Å²) in [5.41, 5.74) is 1.11. The average molecular weight is 293 g/mol. The molecule has 21 heavy (non-hydrogen) atoms. The summed E-state index contributed by atoms with van der Waals surface area (Å²) in [4.78, 5) is 6.48. The molecule has 2 heterocycles. The Morgan fingerprint density at radius 2 is 2.24 bits per heavy atom. The second-order valence-electron chi connectivity index (χ2n) is 6.66. The van der Waals surface area contributed by atoms with E-state index in [0.29, 0.717) is 12.0 Å². The zero-order valence-electron chi connectivity index (χ0n) is 13.7. The zero-order valence-corrected chi connectivity index (χ0v) is 13.7. The molecule has 1 aromatic rings. The lowest BCUT2D eigenvalue weighted by molar-refractivity contribution is 0.0485. The third-order valence-electron chi connectivity index (χ3n) is 4.99. The van der Waals surface area contributed by atoms with Crippen LogP contribution in [-0.2, 0) is 6.54 Å². The van der Waals surface area contributed by atoms with Gasteiger partial charge in [0.15, 0.2) is 0 Å². The molecule has 0 bridgehead atoms. The Hall–Kier alpha value is -1.00. The van der Waals surface area contributed by atoms with Crippen LogP contribution in [0.2, 0.25) is 0 Å². The summed E-state index contributed by atoms with van der Waals surface area (Å²) in [6, 6.07) is 2.10. The topological polar surface area (TPSA) is 28.2 Å². The van der Waals surface area contributed by atoms with Gasteiger partial charge in [-0.3, -0.25) is 9.88 Å². The SMILES string of the molecule is CCC(C)C1CNC(C)(CC)CN1Cc1cncc(F)c1. The Bertz CT molecular complexity index is 465. The van der Waals surface area contributed by atoms with Crippen molar-refractivity contribution < 1.29 is 4.39 Å². The fourth-order valence-corrected chi connectivity index (χ4v) is 3.12. The van der Waals surface area contributed by atoms with Crippen LogP contribution in [0.15, 0.2) is 18.5 Å². The fraction of sp³-hybridized carbons (Fsp3) is 0.706. The summed E-state index contributed by atoms with van der Waals surface area (Å²) in [6.45, 7) is 11.8. The van der Waals surface area contributed by atoms with Gasteiger partial charge in [-0.15, -0.1) is 0 Å². The van der Waals surface area contributed by atoms with Crippen molar-refractivity contribution in [1.82, 2.24) is 15.2 Å². The van der Waals surface area contributed by atoms with Crippen LogP contribution in [0.4, 0.5) is 4.39 Å². The number of nitrogens with one attached hydrogen (secondary N) is 1. The molecule has 3 nitrogen and oxygen atoms in total. The minimum atomic E-state index is -0.249. The van der Waals surface area contributed by atoms with E-state index in [2.05, 4.69) is 42.9 Å². The number of hydrogen-bond acceptors (Lipinski definition) is 3. The number of piperazine rings is 1. The molecule has 0 aromatic carbocycles. The molecule has 2 rings (SSSR count). The van der Waals surface area contributed by atoms with Crippen LogP contribution in [0.5, 0.6) is 0 Å². The molecule has 0 aliphatic carbocycles. The standard InChI is InChI=1S/C17H28FN3/c1-5-13(3)16-10-20-17(4,6-2)12-21(16)11-14-7-15(18)9-19-8-14/h7-9,13,16,20H,5-6,10-12H2,1-4H3. The minimum Gasteiger partial charge on any atom is -0.309 e. The third-order valence-corrected chi connectivity index (χ3v) is 4.99. The van der Waals surface area contributed by atoms with Gasteiger partial charge >= 0.3 is 0 Å². The fourth-order valence-electron chi connectivity index (χ4n) is 3.12. The van der Waals surface area contributed by atoms with Gasteiger partial charge in [-0.25, -0.2) is 4.39 Å². The normalized spacial score (nSPS) is 28.5. The highest BCUT2D eigenvalue weighted by molar-refractivity contribution is 5.11. The highest BCUT2D eigenvalue weighted by atomic mass is 19.1. The van der Waals surface area contributed by atoms with Gasteiger partial charge in [0.1, 0.15) is 5.82 Å². The average Bonchev–Trinajstić information content (AvgIpc) is 2.47. The van der Waals surface area contributed by atoms with Gasteiger partial charge in [0, 0.05) is 37.4 Å². The van der Waals surface area contributed by atoms with E-state index < -0.39 is 0 Å². The first-order valence-electron chi connectivity index (χ1n) is 8.06. The van der Waals surface area contributed by atoms with Crippen molar-refractivity contribution in [2.75, 3.05) is 13.1 Å². The van der Waals surface area contributed by atoms with Crippen molar-refractivity contribution >= 4 is 0 Å². The lowest BCUT2D eigenvalue weighted by atomic mass is 9.88. The predicted octanol–water partition coefficient (Wildman–Crippen LogP) is 3.21. The first-order chi connectivity index (χ1) is 9.97. The molecule has 1 fully saturated rings. The summed E-state index contributed by atoms with van der Waals surface area (Å²) in [5, 5.41) is 3.71. The molecule has 1 aliphatic heterocycles. The monoisotopic (exact) mass is 293 g/mol. The zero-order chi connectivity index (χ0) is 15.5. The number of halogens is 1. The largest absolute Gasteiger partial charge is 0.309 e. The quantitative estimate of drug-likeness (QED) is 0.903. The lowest BCUT2D eigenvalue weighted by Crippen LogP contribution is -2.63. The number of hydrogen-bond donors (Lipinski definition) is 1. The van der Waals surface area contributed by atoms with Gasteiger partial charge in [-0.2, -0.15) is 0 Å². The number of pyridine rings is 1. The Kier molecular flexibility index (Phi) is 5.33. The lowest BCUT2D eigenvalue weighted by Gasteiger charge is -2.48. The van der Waals surface area contributed by atoms with Crippen LogP contribution < -0.4 is 5.32 Å². The van der Waals surface area contributed by atoms with Gasteiger partial charge < -0.3 is 5.32 Å². The first-order valence-corrected chi connectivity index (χ1v) is 8.06. The maximum atomic E-state index is 13.4. The summed E-state index contributed by atoms with van der Waals surface area (Å²) in [6.07, 6.45) is 5.30. The van der Waals surface area contributed by atoms with Gasteiger partial charge in [0.2, 0.25) is 0 Å². The highest BCUT2D eigenvalue weighted by Gasteiger charge is 2.36. The van der Waals surface area contributed by atoms with Crippen molar-refractivity contribution in [3.63, 3.8) is 0 Å². The molecule has 1 N–H and O–H groups in total. The van der Waals surface area contributed by atoms with Crippen molar-refractivity contribution in [3.8, 4) is 0 Å². The molecule has 1 saturated heterocycles. The molecule has 0 amide bonds. The molecule has 0 saturated carbocycles. The van der Waals surface area contributed by atoms with Gasteiger partial charge in [0.25, 0.3) is 0 Å². The number of rotatable bonds is 5. The second kappa shape index (κ2) is 6.84. The summed E-state index contributed by atoms with van der Waals surface area (Å²) < 4.78 is 13.4. The van der Waals surface area contributed by atoms with E-state index >= 15 is 0 Å². The number of aromatic nitrogens is 1. The van der Waals surface area contributed by atoms with Crippen LogP contribution in [0.3, 0.4) is 0 Å². The Morgan fingerprint density at radius 3 is 2.86 bits per heavy atom. The Labute approximate surface area is 127 Å². The van der Waals surface area contributed by atoms with Crippen molar-refractivity contribution in [2.24, 2.45) is 5.92 Å². The van der Waals surface area contributed by atoms with Crippen LogP contribution in [0.1, 0.15) is 46.1 Å². The van der Waals surface area contributed by atoms with Crippen LogP contribution in [0, 0.1) is 11.7 Å². The molecular formula is C17H28FN3. The highest BCUT2D eigenvalue weighted by Crippen LogP contribution is 2.25. The predicted molar refractivity (Wildman–Crippen MR) is 84.5 cm³/mol. The van der Waals surface area contributed by atoms with Crippen LogP contribution in [-0.4, -0.2) is 34.6 Å². The molecule has 0 spiro atoms. The van der Waals surface area contributed by atoms with Crippen LogP contribution >= 0.6 is 0 Å². The smallest absolute Gasteiger partial charge is 0.141 e. The van der Waals surface area contributed by atoms with Crippen LogP contribution in [0.25, 0.3) is 0 Å². The van der Waals surface area contributed by atoms with Crippen molar-refractivity contribution in [3.05, 3.63) is 29.8 Å². The minimum absolute atomic E-state index is 0.144. The molecule has 4 heteroatoms. The van der Waals surface area contributed by atoms with E-state index in [1.807, 2.05) is 0 Å². The summed E-state index contributed by atoms with van der Waals surface area (Å²) in [7, 11) is 0. The molecule has 118 valence electrons. The molecule has 1 aliphatic rings. The summed E-state index contributed by atoms with van der Waals surface area (Å²) >= 11 is 0. The van der Waals surface area contributed by atoms with Crippen molar-refractivity contribution in [1.29, 1.82) is 0 Å². The van der Waals surface area contributed by atoms with Gasteiger partial charge in [-0.05, 0) is 30.9 Å². The van der Waals surface area contributed by atoms with Gasteiger partial charge in [0.05, 0.1) is 6.20 Å². The van der Waals surface area contributed by atoms with E-state index in [-0.39, 0.29) is 11.4 Å². The maximum absolute atomic E-state index is 13.4.